The van der Waals surface area contributed by atoms with Crippen molar-refractivity contribution in [3.05, 3.63) is 77.9 Å². The Balaban J connectivity index is 1.21. The molecule has 4 aromatic rings. The molecule has 1 amide bonds. The summed E-state index contributed by atoms with van der Waals surface area (Å²) in [5, 5.41) is 14.5. The van der Waals surface area contributed by atoms with Crippen LogP contribution in [-0.4, -0.2) is 54.0 Å². The number of amides is 1. The molecule has 0 aliphatic carbocycles. The van der Waals surface area contributed by atoms with E-state index in [1.54, 1.807) is 0 Å². The number of ether oxygens (including phenoxy) is 2. The highest BCUT2D eigenvalue weighted by atomic mass is 16.7. The minimum absolute atomic E-state index is 0.0730. The van der Waals surface area contributed by atoms with Gasteiger partial charge in [-0.05, 0) is 31.2 Å². The molecule has 6 rings (SSSR count). The zero-order valence-electron chi connectivity index (χ0n) is 19.4. The number of piperazine rings is 1. The third kappa shape index (κ3) is 4.07. The Bertz CT molecular complexity index is 1400. The summed E-state index contributed by atoms with van der Waals surface area (Å²) in [6.07, 6.45) is 0. The molecule has 3 heterocycles. The first-order valence-corrected chi connectivity index (χ1v) is 11.7. The Kier molecular flexibility index (Phi) is 5.33. The van der Waals surface area contributed by atoms with E-state index in [-0.39, 0.29) is 12.7 Å². The van der Waals surface area contributed by atoms with E-state index < -0.39 is 0 Å². The number of nitrogens with zero attached hydrogens (tertiary/aromatic N) is 4. The van der Waals surface area contributed by atoms with Crippen molar-refractivity contribution in [1.29, 1.82) is 0 Å². The quantitative estimate of drug-likeness (QED) is 0.477. The maximum absolute atomic E-state index is 12.9. The molecule has 2 aliphatic rings. The minimum Gasteiger partial charge on any atom is -0.454 e. The predicted molar refractivity (Wildman–Crippen MR) is 135 cm³/mol. The third-order valence-corrected chi connectivity index (χ3v) is 6.47. The Morgan fingerprint density at radius 2 is 1.60 bits per heavy atom. The lowest BCUT2D eigenvalue weighted by molar-refractivity contribution is 0.0746. The van der Waals surface area contributed by atoms with Gasteiger partial charge in [0.1, 0.15) is 0 Å². The molecule has 1 fully saturated rings. The summed E-state index contributed by atoms with van der Waals surface area (Å²) in [5.74, 6) is 3.03. The van der Waals surface area contributed by atoms with Crippen LogP contribution < -0.4 is 19.7 Å². The fourth-order valence-electron chi connectivity index (χ4n) is 4.53. The molecular formula is C27H25N5O3. The van der Waals surface area contributed by atoms with Crippen LogP contribution in [0.1, 0.15) is 15.9 Å². The van der Waals surface area contributed by atoms with Gasteiger partial charge in [-0.1, -0.05) is 42.0 Å². The first-order chi connectivity index (χ1) is 17.2. The summed E-state index contributed by atoms with van der Waals surface area (Å²) < 4.78 is 10.9. The van der Waals surface area contributed by atoms with Crippen molar-refractivity contribution >= 4 is 34.0 Å². The average molecular weight is 468 g/mol. The first kappa shape index (κ1) is 21.2. The second-order valence-corrected chi connectivity index (χ2v) is 8.76. The van der Waals surface area contributed by atoms with Gasteiger partial charge in [0.05, 0.1) is 0 Å². The molecule has 1 aromatic heterocycles. The van der Waals surface area contributed by atoms with Crippen LogP contribution in [0.3, 0.4) is 0 Å². The van der Waals surface area contributed by atoms with Gasteiger partial charge >= 0.3 is 0 Å². The number of aryl methyl sites for hydroxylation is 1. The van der Waals surface area contributed by atoms with Gasteiger partial charge in [-0.15, -0.1) is 10.2 Å². The number of aromatic nitrogens is 2. The predicted octanol–water partition coefficient (Wildman–Crippen LogP) is 4.37. The summed E-state index contributed by atoms with van der Waals surface area (Å²) in [5.41, 5.74) is 2.73. The number of carbonyl (C=O) groups is 1. The van der Waals surface area contributed by atoms with Crippen LogP contribution in [0.5, 0.6) is 11.5 Å². The molecule has 2 aliphatic heterocycles. The minimum atomic E-state index is 0.0730. The summed E-state index contributed by atoms with van der Waals surface area (Å²) >= 11 is 0. The largest absolute Gasteiger partial charge is 0.454 e. The van der Waals surface area contributed by atoms with Gasteiger partial charge in [-0.3, -0.25) is 4.79 Å². The summed E-state index contributed by atoms with van der Waals surface area (Å²) in [6, 6.07) is 21.6. The van der Waals surface area contributed by atoms with Crippen LogP contribution in [0.4, 0.5) is 17.3 Å². The molecule has 8 nitrogen and oxygen atoms in total. The standard InChI is InChI=1S/C27H25N5O3/c1-18-6-8-19(9-7-18)27(33)32-14-12-31(13-15-32)26-22-5-3-2-4-21(22)25(29-30-26)28-20-10-11-23-24(16-20)35-17-34-23/h2-11,16H,12-15,17H2,1H3,(H,28,29). The van der Waals surface area contributed by atoms with E-state index in [1.807, 2.05) is 72.5 Å². The average Bonchev–Trinajstić information content (AvgIpc) is 3.37. The van der Waals surface area contributed by atoms with Gasteiger partial charge in [-0.25, -0.2) is 0 Å². The molecule has 8 heteroatoms. The number of carbonyl (C=O) groups excluding carboxylic acids is 1. The lowest BCUT2D eigenvalue weighted by Crippen LogP contribution is -2.49. The van der Waals surface area contributed by atoms with Gasteiger partial charge in [0.2, 0.25) is 6.79 Å². The Morgan fingerprint density at radius 3 is 2.40 bits per heavy atom. The highest BCUT2D eigenvalue weighted by Gasteiger charge is 2.25. The van der Waals surface area contributed by atoms with Crippen molar-refractivity contribution in [2.24, 2.45) is 0 Å². The van der Waals surface area contributed by atoms with Crippen LogP contribution in [0, 0.1) is 6.92 Å². The molecule has 0 radical (unpaired) electrons. The number of anilines is 3. The van der Waals surface area contributed by atoms with Crippen LogP contribution in [0.25, 0.3) is 10.8 Å². The van der Waals surface area contributed by atoms with Crippen molar-refractivity contribution in [3.63, 3.8) is 0 Å². The number of nitrogens with one attached hydrogen (secondary N) is 1. The normalized spacial score (nSPS) is 14.9. The third-order valence-electron chi connectivity index (χ3n) is 6.47. The molecule has 0 saturated carbocycles. The summed E-state index contributed by atoms with van der Waals surface area (Å²) in [4.78, 5) is 17.0. The van der Waals surface area contributed by atoms with Gasteiger partial charge in [0.25, 0.3) is 5.91 Å². The van der Waals surface area contributed by atoms with Crippen molar-refractivity contribution in [3.8, 4) is 11.5 Å². The van der Waals surface area contributed by atoms with E-state index in [0.29, 0.717) is 37.7 Å². The molecule has 0 atom stereocenters. The second kappa shape index (κ2) is 8.79. The zero-order valence-corrected chi connectivity index (χ0v) is 19.4. The van der Waals surface area contributed by atoms with E-state index in [9.17, 15) is 4.79 Å². The molecule has 35 heavy (non-hydrogen) atoms. The highest BCUT2D eigenvalue weighted by Crippen LogP contribution is 2.36. The van der Waals surface area contributed by atoms with E-state index >= 15 is 0 Å². The second-order valence-electron chi connectivity index (χ2n) is 8.76. The van der Waals surface area contributed by atoms with Gasteiger partial charge in [-0.2, -0.15) is 0 Å². The van der Waals surface area contributed by atoms with Crippen LogP contribution in [0.2, 0.25) is 0 Å². The van der Waals surface area contributed by atoms with E-state index in [1.165, 1.54) is 0 Å². The van der Waals surface area contributed by atoms with E-state index in [0.717, 1.165) is 39.2 Å². The fraction of sp³-hybridized carbons (Fsp3) is 0.222. The van der Waals surface area contributed by atoms with Crippen LogP contribution >= 0.6 is 0 Å². The van der Waals surface area contributed by atoms with Gasteiger partial charge in [0.15, 0.2) is 23.1 Å². The Hall–Kier alpha value is -4.33. The molecule has 1 N–H and O–H groups in total. The topological polar surface area (TPSA) is 79.8 Å². The number of hydrogen-bond acceptors (Lipinski definition) is 7. The molecule has 1 saturated heterocycles. The van der Waals surface area contributed by atoms with Crippen molar-refractivity contribution in [2.45, 2.75) is 6.92 Å². The lowest BCUT2D eigenvalue weighted by Gasteiger charge is -2.35. The monoisotopic (exact) mass is 467 g/mol. The lowest BCUT2D eigenvalue weighted by atomic mass is 10.1. The van der Waals surface area contributed by atoms with Crippen molar-refractivity contribution < 1.29 is 14.3 Å². The molecule has 176 valence electrons. The van der Waals surface area contributed by atoms with E-state index in [4.69, 9.17) is 9.47 Å². The van der Waals surface area contributed by atoms with Crippen LogP contribution in [-0.2, 0) is 0 Å². The zero-order chi connectivity index (χ0) is 23.8. The molecular weight excluding hydrogens is 442 g/mol. The number of rotatable bonds is 4. The fourth-order valence-corrected chi connectivity index (χ4v) is 4.53. The van der Waals surface area contributed by atoms with E-state index in [2.05, 4.69) is 26.5 Å². The van der Waals surface area contributed by atoms with Gasteiger partial charge in [0, 0.05) is 54.3 Å². The molecule has 0 spiro atoms. The van der Waals surface area contributed by atoms with Crippen LogP contribution in [0.15, 0.2) is 66.7 Å². The molecule has 0 unspecified atom stereocenters. The molecule has 3 aromatic carbocycles. The van der Waals surface area contributed by atoms with Crippen molar-refractivity contribution in [1.82, 2.24) is 15.1 Å². The number of fused-ring (bicyclic) bond motifs is 2. The molecule has 0 bridgehead atoms. The number of hydrogen-bond donors (Lipinski definition) is 1. The summed E-state index contributed by atoms with van der Waals surface area (Å²) in [6.45, 7) is 4.94. The highest BCUT2D eigenvalue weighted by molar-refractivity contribution is 6.00. The van der Waals surface area contributed by atoms with Gasteiger partial charge < -0.3 is 24.6 Å². The maximum atomic E-state index is 12.9. The van der Waals surface area contributed by atoms with Crippen molar-refractivity contribution in [2.75, 3.05) is 43.2 Å². The first-order valence-electron chi connectivity index (χ1n) is 11.7. The Morgan fingerprint density at radius 1 is 0.857 bits per heavy atom. The Labute approximate surface area is 203 Å². The summed E-state index contributed by atoms with van der Waals surface area (Å²) in [7, 11) is 0. The maximum Gasteiger partial charge on any atom is 0.253 e. The number of benzene rings is 3. The smallest absolute Gasteiger partial charge is 0.253 e. The SMILES string of the molecule is Cc1ccc(C(=O)N2CCN(c3nnc(Nc4ccc5c(c4)OCO5)c4ccccc34)CC2)cc1.